The molecule has 3 rings (SSSR count). The van der Waals surface area contributed by atoms with Crippen molar-refractivity contribution in [3.63, 3.8) is 0 Å². The summed E-state index contributed by atoms with van der Waals surface area (Å²) in [5.41, 5.74) is 0. The molecule has 1 aliphatic heterocycles. The van der Waals surface area contributed by atoms with Crippen LogP contribution >= 0.6 is 0 Å². The highest BCUT2D eigenvalue weighted by atomic mass is 16.3. The molecule has 0 radical (unpaired) electrons. The van der Waals surface area contributed by atoms with E-state index in [0.717, 1.165) is 19.1 Å². The van der Waals surface area contributed by atoms with Crippen molar-refractivity contribution in [2.24, 2.45) is 11.8 Å². The number of carbonyl (C=O) groups excluding carboxylic acids is 1. The van der Waals surface area contributed by atoms with Gasteiger partial charge < -0.3 is 20.6 Å². The molecule has 2 atom stereocenters. The van der Waals surface area contributed by atoms with Crippen LogP contribution in [0.3, 0.4) is 0 Å². The van der Waals surface area contributed by atoms with Gasteiger partial charge >= 0.3 is 6.03 Å². The third-order valence-corrected chi connectivity index (χ3v) is 5.91. The van der Waals surface area contributed by atoms with Crippen LogP contribution in [0.25, 0.3) is 0 Å². The standard InChI is InChI=1S/C18H33N3O2/c22-11-9-17(15-4-2-1-3-5-15)20-18(23)19-12-14-8-10-21(13-14)16-6-7-16/h14-17,22H,1-13H2,(H2,19,20,23). The molecule has 0 aromatic rings. The van der Waals surface area contributed by atoms with Gasteiger partial charge in [0.15, 0.2) is 0 Å². The molecule has 5 nitrogen and oxygen atoms in total. The zero-order valence-corrected chi connectivity index (χ0v) is 14.3. The molecule has 0 aromatic heterocycles. The summed E-state index contributed by atoms with van der Waals surface area (Å²) >= 11 is 0. The van der Waals surface area contributed by atoms with Crippen LogP contribution in [0.15, 0.2) is 0 Å². The van der Waals surface area contributed by atoms with E-state index in [0.29, 0.717) is 18.3 Å². The lowest BCUT2D eigenvalue weighted by molar-refractivity contribution is 0.196. The fraction of sp³-hybridized carbons (Fsp3) is 0.944. The Kier molecular flexibility index (Phi) is 6.17. The SMILES string of the molecule is O=C(NCC1CCN(C2CC2)C1)NC(CCO)C1CCCCC1. The number of aliphatic hydroxyl groups is 1. The summed E-state index contributed by atoms with van der Waals surface area (Å²) in [5, 5.41) is 15.5. The molecule has 23 heavy (non-hydrogen) atoms. The third kappa shape index (κ3) is 5.08. The highest BCUT2D eigenvalue weighted by molar-refractivity contribution is 5.74. The second kappa shape index (κ2) is 8.34. The number of rotatable bonds is 7. The molecule has 1 heterocycles. The number of nitrogens with one attached hydrogen (secondary N) is 2. The molecule has 0 bridgehead atoms. The van der Waals surface area contributed by atoms with Gasteiger partial charge in [0.05, 0.1) is 0 Å². The smallest absolute Gasteiger partial charge is 0.315 e. The number of urea groups is 1. The van der Waals surface area contributed by atoms with Gasteiger partial charge in [-0.1, -0.05) is 19.3 Å². The van der Waals surface area contributed by atoms with Gasteiger partial charge in [-0.15, -0.1) is 0 Å². The van der Waals surface area contributed by atoms with E-state index in [2.05, 4.69) is 15.5 Å². The van der Waals surface area contributed by atoms with Crippen LogP contribution in [-0.4, -0.2) is 54.4 Å². The van der Waals surface area contributed by atoms with Gasteiger partial charge in [0.1, 0.15) is 0 Å². The van der Waals surface area contributed by atoms with Gasteiger partial charge in [-0.05, 0) is 56.9 Å². The molecule has 0 aromatic carbocycles. The van der Waals surface area contributed by atoms with Crippen LogP contribution in [0.4, 0.5) is 4.79 Å². The van der Waals surface area contributed by atoms with Gasteiger partial charge in [-0.25, -0.2) is 4.79 Å². The number of likely N-dealkylation sites (tertiary alicyclic amines) is 1. The lowest BCUT2D eigenvalue weighted by Crippen LogP contribution is -2.47. The number of hydrogen-bond donors (Lipinski definition) is 3. The summed E-state index contributed by atoms with van der Waals surface area (Å²) in [6.07, 6.45) is 10.8. The maximum atomic E-state index is 12.2. The molecule has 2 saturated carbocycles. The Labute approximate surface area is 140 Å². The Hall–Kier alpha value is -0.810. The van der Waals surface area contributed by atoms with Crippen LogP contribution in [0.5, 0.6) is 0 Å². The van der Waals surface area contributed by atoms with Crippen molar-refractivity contribution in [1.82, 2.24) is 15.5 Å². The van der Waals surface area contributed by atoms with Gasteiger partial charge in [-0.2, -0.15) is 0 Å². The molecular weight excluding hydrogens is 290 g/mol. The molecule has 2 unspecified atom stereocenters. The largest absolute Gasteiger partial charge is 0.396 e. The van der Waals surface area contributed by atoms with Crippen LogP contribution in [0.1, 0.15) is 57.8 Å². The lowest BCUT2D eigenvalue weighted by Gasteiger charge is -2.30. The van der Waals surface area contributed by atoms with Crippen LogP contribution in [0.2, 0.25) is 0 Å². The van der Waals surface area contributed by atoms with Crippen LogP contribution in [0, 0.1) is 11.8 Å². The van der Waals surface area contributed by atoms with Crippen molar-refractivity contribution in [1.29, 1.82) is 0 Å². The van der Waals surface area contributed by atoms with Gasteiger partial charge in [0.25, 0.3) is 0 Å². The second-order valence-electron chi connectivity index (χ2n) is 7.75. The Morgan fingerprint density at radius 3 is 2.61 bits per heavy atom. The van der Waals surface area contributed by atoms with E-state index in [1.165, 1.54) is 57.9 Å². The van der Waals surface area contributed by atoms with Gasteiger partial charge in [0.2, 0.25) is 0 Å². The van der Waals surface area contributed by atoms with E-state index in [1.807, 2.05) is 0 Å². The Balaban J connectivity index is 1.38. The Morgan fingerprint density at radius 2 is 1.91 bits per heavy atom. The first-order valence-corrected chi connectivity index (χ1v) is 9.65. The third-order valence-electron chi connectivity index (χ3n) is 5.91. The maximum absolute atomic E-state index is 12.2. The first-order chi connectivity index (χ1) is 11.3. The fourth-order valence-electron chi connectivity index (χ4n) is 4.36. The minimum absolute atomic E-state index is 0.0427. The summed E-state index contributed by atoms with van der Waals surface area (Å²) in [5.74, 6) is 1.14. The molecule has 2 amide bonds. The highest BCUT2D eigenvalue weighted by Gasteiger charge is 2.34. The van der Waals surface area contributed by atoms with E-state index in [1.54, 1.807) is 0 Å². The number of hydrogen-bond acceptors (Lipinski definition) is 3. The maximum Gasteiger partial charge on any atom is 0.315 e. The number of carbonyl (C=O) groups is 1. The molecule has 3 N–H and O–H groups in total. The quantitative estimate of drug-likeness (QED) is 0.672. The fourth-order valence-corrected chi connectivity index (χ4v) is 4.36. The van der Waals surface area contributed by atoms with E-state index < -0.39 is 0 Å². The molecule has 132 valence electrons. The van der Waals surface area contributed by atoms with Crippen molar-refractivity contribution in [3.05, 3.63) is 0 Å². The molecule has 3 aliphatic rings. The Bertz CT molecular complexity index is 380. The topological polar surface area (TPSA) is 64.6 Å². The molecule has 5 heteroatoms. The zero-order valence-electron chi connectivity index (χ0n) is 14.3. The lowest BCUT2D eigenvalue weighted by atomic mass is 9.83. The summed E-state index contributed by atoms with van der Waals surface area (Å²) in [6, 6.07) is 0.930. The number of aliphatic hydroxyl groups excluding tert-OH is 1. The average molecular weight is 323 g/mol. The van der Waals surface area contributed by atoms with E-state index in [4.69, 9.17) is 0 Å². The minimum atomic E-state index is -0.0427. The predicted octanol–water partition coefficient (Wildman–Crippen LogP) is 2.10. The van der Waals surface area contributed by atoms with Crippen LogP contribution < -0.4 is 10.6 Å². The minimum Gasteiger partial charge on any atom is -0.396 e. The van der Waals surface area contributed by atoms with Gasteiger partial charge in [0, 0.05) is 31.8 Å². The van der Waals surface area contributed by atoms with Gasteiger partial charge in [-0.3, -0.25) is 0 Å². The average Bonchev–Trinajstić information content (AvgIpc) is 3.32. The van der Waals surface area contributed by atoms with Crippen molar-refractivity contribution in [2.75, 3.05) is 26.2 Å². The first-order valence-electron chi connectivity index (χ1n) is 9.65. The van der Waals surface area contributed by atoms with E-state index >= 15 is 0 Å². The van der Waals surface area contributed by atoms with Crippen molar-refractivity contribution >= 4 is 6.03 Å². The summed E-state index contributed by atoms with van der Waals surface area (Å²) in [6.45, 7) is 3.29. The normalized spacial score (nSPS) is 27.8. The Morgan fingerprint density at radius 1 is 1.13 bits per heavy atom. The molecule has 1 saturated heterocycles. The second-order valence-corrected chi connectivity index (χ2v) is 7.75. The van der Waals surface area contributed by atoms with Crippen molar-refractivity contribution in [3.8, 4) is 0 Å². The van der Waals surface area contributed by atoms with E-state index in [-0.39, 0.29) is 18.7 Å². The molecular formula is C18H33N3O2. The summed E-state index contributed by atoms with van der Waals surface area (Å²) in [4.78, 5) is 14.8. The monoisotopic (exact) mass is 323 g/mol. The summed E-state index contributed by atoms with van der Waals surface area (Å²) < 4.78 is 0. The predicted molar refractivity (Wildman–Crippen MR) is 91.3 cm³/mol. The molecule has 0 spiro atoms. The number of nitrogens with zero attached hydrogens (tertiary/aromatic N) is 1. The van der Waals surface area contributed by atoms with Crippen molar-refractivity contribution < 1.29 is 9.90 Å². The molecule has 2 aliphatic carbocycles. The highest BCUT2D eigenvalue weighted by Crippen LogP contribution is 2.31. The first kappa shape index (κ1) is 17.0. The summed E-state index contributed by atoms with van der Waals surface area (Å²) in [7, 11) is 0. The van der Waals surface area contributed by atoms with Crippen molar-refractivity contribution in [2.45, 2.75) is 69.9 Å². The van der Waals surface area contributed by atoms with Crippen LogP contribution in [-0.2, 0) is 0 Å². The zero-order chi connectivity index (χ0) is 16.1. The van der Waals surface area contributed by atoms with E-state index in [9.17, 15) is 9.90 Å². The number of amides is 2. The molecule has 3 fully saturated rings.